The van der Waals surface area contributed by atoms with E-state index in [0.29, 0.717) is 35.1 Å². The van der Waals surface area contributed by atoms with E-state index in [1.54, 1.807) is 32.3 Å². The molecule has 0 aliphatic heterocycles. The Kier molecular flexibility index (Phi) is 5.26. The van der Waals surface area contributed by atoms with Crippen LogP contribution in [0.15, 0.2) is 42.5 Å². The molecule has 0 aromatic heterocycles. The summed E-state index contributed by atoms with van der Waals surface area (Å²) < 4.78 is 5.63. The molecule has 0 atom stereocenters. The number of ether oxygens (including phenoxy) is 1. The Bertz CT molecular complexity index is 826. The van der Waals surface area contributed by atoms with Gasteiger partial charge in [-0.1, -0.05) is 12.1 Å². The Morgan fingerprint density at radius 3 is 2.54 bits per heavy atom. The van der Waals surface area contributed by atoms with Crippen molar-refractivity contribution >= 4 is 17.5 Å². The molecule has 2 aromatic rings. The molecule has 1 N–H and O–H groups in total. The minimum absolute atomic E-state index is 0.110. The van der Waals surface area contributed by atoms with Crippen molar-refractivity contribution in [3.8, 4) is 5.75 Å². The number of hydrogen-bond donors (Lipinski definition) is 1. The molecule has 136 valence electrons. The molecular formula is C21H24N2O3. The predicted octanol–water partition coefficient (Wildman–Crippen LogP) is 3.92. The van der Waals surface area contributed by atoms with E-state index < -0.39 is 0 Å². The van der Waals surface area contributed by atoms with Crippen LogP contribution in [-0.2, 0) is 0 Å². The molecule has 2 amide bonds. The minimum atomic E-state index is -0.180. The molecule has 26 heavy (non-hydrogen) atoms. The molecule has 0 heterocycles. The molecule has 0 unspecified atom stereocenters. The molecule has 5 heteroatoms. The second kappa shape index (κ2) is 7.60. The maximum atomic E-state index is 12.7. The normalized spacial score (nSPS) is 13.2. The fourth-order valence-corrected chi connectivity index (χ4v) is 2.84. The molecule has 0 spiro atoms. The fourth-order valence-electron chi connectivity index (χ4n) is 2.84. The highest BCUT2D eigenvalue weighted by molar-refractivity contribution is 6.05. The van der Waals surface area contributed by atoms with Gasteiger partial charge in [0.2, 0.25) is 0 Å². The summed E-state index contributed by atoms with van der Waals surface area (Å²) in [5.74, 6) is 0.797. The van der Waals surface area contributed by atoms with Crippen LogP contribution in [0.3, 0.4) is 0 Å². The number of carbonyl (C=O) groups is 2. The van der Waals surface area contributed by atoms with Gasteiger partial charge < -0.3 is 15.0 Å². The van der Waals surface area contributed by atoms with Crippen molar-refractivity contribution in [2.45, 2.75) is 25.7 Å². The zero-order chi connectivity index (χ0) is 18.7. The van der Waals surface area contributed by atoms with Crippen LogP contribution in [-0.4, -0.2) is 37.4 Å². The van der Waals surface area contributed by atoms with Crippen molar-refractivity contribution in [1.82, 2.24) is 4.90 Å². The van der Waals surface area contributed by atoms with Crippen molar-refractivity contribution < 1.29 is 14.3 Å². The van der Waals surface area contributed by atoms with Gasteiger partial charge >= 0.3 is 0 Å². The van der Waals surface area contributed by atoms with Gasteiger partial charge in [0, 0.05) is 25.2 Å². The predicted molar refractivity (Wildman–Crippen MR) is 102 cm³/mol. The van der Waals surface area contributed by atoms with Crippen LogP contribution in [0.2, 0.25) is 0 Å². The SMILES string of the molecule is CCOc1cc(C(=O)N(C)C)ccc1NC(=O)c1cccc(C2CC2)c1. The summed E-state index contributed by atoms with van der Waals surface area (Å²) in [5, 5.41) is 2.90. The highest BCUT2D eigenvalue weighted by atomic mass is 16.5. The Morgan fingerprint density at radius 1 is 1.12 bits per heavy atom. The molecule has 0 bridgehead atoms. The summed E-state index contributed by atoms with van der Waals surface area (Å²) in [4.78, 5) is 26.3. The first-order valence-electron chi connectivity index (χ1n) is 8.89. The lowest BCUT2D eigenvalue weighted by molar-refractivity contribution is 0.0827. The van der Waals surface area contributed by atoms with Crippen molar-refractivity contribution in [2.75, 3.05) is 26.0 Å². The summed E-state index contributed by atoms with van der Waals surface area (Å²) >= 11 is 0. The van der Waals surface area contributed by atoms with Crippen molar-refractivity contribution in [2.24, 2.45) is 0 Å². The minimum Gasteiger partial charge on any atom is -0.492 e. The highest BCUT2D eigenvalue weighted by Crippen LogP contribution is 2.40. The summed E-state index contributed by atoms with van der Waals surface area (Å²) in [5.41, 5.74) is 2.93. The lowest BCUT2D eigenvalue weighted by atomic mass is 10.1. The zero-order valence-electron chi connectivity index (χ0n) is 15.4. The lowest BCUT2D eigenvalue weighted by Gasteiger charge is -2.15. The van der Waals surface area contributed by atoms with Crippen LogP contribution < -0.4 is 10.1 Å². The maximum absolute atomic E-state index is 12.7. The molecule has 2 aromatic carbocycles. The number of nitrogens with one attached hydrogen (secondary N) is 1. The Balaban J connectivity index is 1.82. The molecule has 1 aliphatic rings. The summed E-state index contributed by atoms with van der Waals surface area (Å²) in [6.07, 6.45) is 2.39. The molecule has 5 nitrogen and oxygen atoms in total. The monoisotopic (exact) mass is 352 g/mol. The molecular weight excluding hydrogens is 328 g/mol. The molecule has 0 saturated heterocycles. The second-order valence-corrected chi connectivity index (χ2v) is 6.70. The first-order valence-corrected chi connectivity index (χ1v) is 8.89. The molecule has 1 saturated carbocycles. The van der Waals surface area contributed by atoms with Crippen molar-refractivity contribution in [1.29, 1.82) is 0 Å². The number of carbonyl (C=O) groups excluding carboxylic acids is 2. The maximum Gasteiger partial charge on any atom is 0.255 e. The van der Waals surface area contributed by atoms with E-state index in [1.807, 2.05) is 25.1 Å². The van der Waals surface area contributed by atoms with Gasteiger partial charge in [-0.2, -0.15) is 0 Å². The average Bonchev–Trinajstić information content (AvgIpc) is 3.48. The van der Waals surface area contributed by atoms with E-state index in [0.717, 1.165) is 0 Å². The molecule has 1 fully saturated rings. The van der Waals surface area contributed by atoms with Gasteiger partial charge in [-0.15, -0.1) is 0 Å². The number of rotatable bonds is 6. The van der Waals surface area contributed by atoms with Gasteiger partial charge in [-0.3, -0.25) is 9.59 Å². The van der Waals surface area contributed by atoms with Gasteiger partial charge in [-0.25, -0.2) is 0 Å². The molecule has 0 radical (unpaired) electrons. The first-order chi connectivity index (χ1) is 12.5. The van der Waals surface area contributed by atoms with E-state index in [4.69, 9.17) is 4.74 Å². The highest BCUT2D eigenvalue weighted by Gasteiger charge is 2.24. The van der Waals surface area contributed by atoms with Crippen molar-refractivity contribution in [3.05, 3.63) is 59.2 Å². The molecule has 1 aliphatic carbocycles. The van der Waals surface area contributed by atoms with Crippen LogP contribution in [0.4, 0.5) is 5.69 Å². The zero-order valence-corrected chi connectivity index (χ0v) is 15.4. The standard InChI is InChI=1S/C21H24N2O3/c1-4-26-19-13-17(21(25)23(2)3)10-11-18(19)22-20(24)16-7-5-6-15(12-16)14-8-9-14/h5-7,10-14H,4,8-9H2,1-3H3,(H,22,24). The third kappa shape index (κ3) is 4.04. The van der Waals surface area contributed by atoms with Crippen LogP contribution in [0.1, 0.15) is 52.0 Å². The average molecular weight is 352 g/mol. The Hall–Kier alpha value is -2.82. The van der Waals surface area contributed by atoms with Crippen LogP contribution >= 0.6 is 0 Å². The number of hydrogen-bond acceptors (Lipinski definition) is 3. The first kappa shape index (κ1) is 18.0. The number of nitrogens with zero attached hydrogens (tertiary/aromatic N) is 1. The van der Waals surface area contributed by atoms with E-state index in [1.165, 1.54) is 23.3 Å². The van der Waals surface area contributed by atoms with Crippen molar-refractivity contribution in [3.63, 3.8) is 0 Å². The summed E-state index contributed by atoms with van der Waals surface area (Å²) in [7, 11) is 3.40. The van der Waals surface area contributed by atoms with Gasteiger partial charge in [-0.05, 0) is 61.6 Å². The van der Waals surface area contributed by atoms with E-state index in [-0.39, 0.29) is 11.8 Å². The van der Waals surface area contributed by atoms with Gasteiger partial charge in [0.15, 0.2) is 0 Å². The number of benzene rings is 2. The van der Waals surface area contributed by atoms with E-state index in [2.05, 4.69) is 11.4 Å². The largest absolute Gasteiger partial charge is 0.492 e. The van der Waals surface area contributed by atoms with Gasteiger partial charge in [0.1, 0.15) is 5.75 Å². The van der Waals surface area contributed by atoms with E-state index in [9.17, 15) is 9.59 Å². The molecule has 3 rings (SSSR count). The smallest absolute Gasteiger partial charge is 0.255 e. The quantitative estimate of drug-likeness (QED) is 0.857. The summed E-state index contributed by atoms with van der Waals surface area (Å²) in [6.45, 7) is 2.31. The second-order valence-electron chi connectivity index (χ2n) is 6.70. The van der Waals surface area contributed by atoms with Crippen LogP contribution in [0.5, 0.6) is 5.75 Å². The van der Waals surface area contributed by atoms with Gasteiger partial charge in [0.05, 0.1) is 12.3 Å². The number of amides is 2. The fraction of sp³-hybridized carbons (Fsp3) is 0.333. The third-order valence-electron chi connectivity index (χ3n) is 4.38. The Morgan fingerprint density at radius 2 is 1.88 bits per heavy atom. The Labute approximate surface area is 154 Å². The lowest BCUT2D eigenvalue weighted by Crippen LogP contribution is -2.22. The van der Waals surface area contributed by atoms with Crippen LogP contribution in [0.25, 0.3) is 0 Å². The van der Waals surface area contributed by atoms with Gasteiger partial charge in [0.25, 0.3) is 11.8 Å². The number of anilines is 1. The van der Waals surface area contributed by atoms with Crippen LogP contribution in [0, 0.1) is 0 Å². The summed E-state index contributed by atoms with van der Waals surface area (Å²) in [6, 6.07) is 12.8. The third-order valence-corrected chi connectivity index (χ3v) is 4.38. The van der Waals surface area contributed by atoms with E-state index >= 15 is 0 Å². The topological polar surface area (TPSA) is 58.6 Å².